The van der Waals surface area contributed by atoms with Gasteiger partial charge in [-0.3, -0.25) is 0 Å². The molecule has 64 valence electrons. The number of nitrogens with zero attached hydrogens (tertiary/aromatic N) is 1. The quantitative estimate of drug-likeness (QED) is 0.664. The van der Waals surface area contributed by atoms with Crippen molar-refractivity contribution >= 4 is 39.6 Å². The van der Waals surface area contributed by atoms with Crippen LogP contribution in [0, 0.1) is 6.92 Å². The predicted octanol–water partition coefficient (Wildman–Crippen LogP) is 2.61. The van der Waals surface area contributed by atoms with Gasteiger partial charge in [-0.25, -0.2) is 4.98 Å². The number of hydrogen-bond acceptors (Lipinski definition) is 3. The van der Waals surface area contributed by atoms with Gasteiger partial charge in [0.15, 0.2) is 0 Å². The highest BCUT2D eigenvalue weighted by molar-refractivity contribution is 7.18. The van der Waals surface area contributed by atoms with Crippen molar-refractivity contribution in [2.45, 2.75) is 6.92 Å². The van der Waals surface area contributed by atoms with Gasteiger partial charge in [0.25, 0.3) is 0 Å². The van der Waals surface area contributed by atoms with E-state index in [-0.39, 0.29) is 12.4 Å². The number of rotatable bonds is 0. The molecule has 0 bridgehead atoms. The van der Waals surface area contributed by atoms with Gasteiger partial charge in [-0.2, -0.15) is 0 Å². The summed E-state index contributed by atoms with van der Waals surface area (Å²) in [4.78, 5) is 4.32. The Bertz CT molecular complexity index is 397. The molecule has 0 fully saturated rings. The number of fused-ring (bicyclic) bond motifs is 1. The Morgan fingerprint density at radius 3 is 2.92 bits per heavy atom. The number of benzene rings is 1. The lowest BCUT2D eigenvalue weighted by atomic mass is 10.3. The van der Waals surface area contributed by atoms with Crippen LogP contribution in [0.5, 0.6) is 0 Å². The van der Waals surface area contributed by atoms with Gasteiger partial charge < -0.3 is 5.73 Å². The molecule has 1 aromatic heterocycles. The number of halogens is 1. The first-order chi connectivity index (χ1) is 5.25. The van der Waals surface area contributed by atoms with E-state index in [2.05, 4.69) is 4.98 Å². The monoisotopic (exact) mass is 200 g/mol. The van der Waals surface area contributed by atoms with Gasteiger partial charge in [-0.05, 0) is 25.1 Å². The summed E-state index contributed by atoms with van der Waals surface area (Å²) >= 11 is 1.68. The lowest BCUT2D eigenvalue weighted by molar-refractivity contribution is 1.35. The molecular formula is C8H9ClN2S. The van der Waals surface area contributed by atoms with Crippen LogP contribution in [-0.2, 0) is 0 Å². The molecule has 4 heteroatoms. The maximum atomic E-state index is 5.61. The second-order valence-electron chi connectivity index (χ2n) is 2.46. The van der Waals surface area contributed by atoms with Crippen molar-refractivity contribution in [1.82, 2.24) is 4.98 Å². The molecule has 12 heavy (non-hydrogen) atoms. The van der Waals surface area contributed by atoms with Crippen molar-refractivity contribution in [3.05, 3.63) is 23.2 Å². The Kier molecular flexibility index (Phi) is 2.55. The van der Waals surface area contributed by atoms with Crippen LogP contribution in [0.3, 0.4) is 0 Å². The standard InChI is InChI=1S/C8H8N2S.ClH/c1-5-10-7-3-2-6(9)4-8(7)11-5;/h2-4H,9H2,1H3;1H. The lowest BCUT2D eigenvalue weighted by Crippen LogP contribution is -1.81. The second-order valence-corrected chi connectivity index (χ2v) is 3.69. The summed E-state index contributed by atoms with van der Waals surface area (Å²) in [6.07, 6.45) is 0. The van der Waals surface area contributed by atoms with E-state index >= 15 is 0 Å². The summed E-state index contributed by atoms with van der Waals surface area (Å²) in [6, 6.07) is 5.79. The number of nitrogen functional groups attached to an aromatic ring is 1. The molecule has 0 aliphatic carbocycles. The fraction of sp³-hybridized carbons (Fsp3) is 0.125. The van der Waals surface area contributed by atoms with Gasteiger partial charge in [0.2, 0.25) is 0 Å². The highest BCUT2D eigenvalue weighted by atomic mass is 35.5. The van der Waals surface area contributed by atoms with Gasteiger partial charge in [0.05, 0.1) is 15.2 Å². The third-order valence-corrected chi connectivity index (χ3v) is 2.45. The Labute approximate surface area is 80.8 Å². The predicted molar refractivity (Wildman–Crippen MR) is 56.0 cm³/mol. The van der Waals surface area contributed by atoms with Gasteiger partial charge in [0, 0.05) is 5.69 Å². The van der Waals surface area contributed by atoms with Crippen LogP contribution < -0.4 is 5.73 Å². The van der Waals surface area contributed by atoms with Gasteiger partial charge in [0.1, 0.15) is 0 Å². The first kappa shape index (κ1) is 9.29. The summed E-state index contributed by atoms with van der Waals surface area (Å²) in [5, 5.41) is 1.09. The van der Waals surface area contributed by atoms with Crippen molar-refractivity contribution in [3.63, 3.8) is 0 Å². The fourth-order valence-electron chi connectivity index (χ4n) is 1.06. The molecule has 2 N–H and O–H groups in total. The average Bonchev–Trinajstić information content (AvgIpc) is 2.27. The van der Waals surface area contributed by atoms with Gasteiger partial charge in [-0.1, -0.05) is 0 Å². The molecule has 0 amide bonds. The van der Waals surface area contributed by atoms with Crippen LogP contribution in [0.25, 0.3) is 10.2 Å². The molecule has 2 rings (SSSR count). The third-order valence-electron chi connectivity index (χ3n) is 1.52. The van der Waals surface area contributed by atoms with Crippen LogP contribution in [0.2, 0.25) is 0 Å². The van der Waals surface area contributed by atoms with Crippen LogP contribution in [-0.4, -0.2) is 4.98 Å². The molecule has 2 nitrogen and oxygen atoms in total. The first-order valence-electron chi connectivity index (χ1n) is 3.38. The van der Waals surface area contributed by atoms with E-state index in [9.17, 15) is 0 Å². The zero-order valence-electron chi connectivity index (χ0n) is 6.57. The Morgan fingerprint density at radius 2 is 2.17 bits per heavy atom. The molecule has 0 saturated carbocycles. The smallest absolute Gasteiger partial charge is 0.0907 e. The van der Waals surface area contributed by atoms with Crippen LogP contribution >= 0.6 is 23.7 Å². The highest BCUT2D eigenvalue weighted by Crippen LogP contribution is 2.22. The SMILES string of the molecule is Cc1nc2ccc(N)cc2s1.Cl. The van der Waals surface area contributed by atoms with Crippen molar-refractivity contribution in [3.8, 4) is 0 Å². The van der Waals surface area contributed by atoms with Gasteiger partial charge in [-0.15, -0.1) is 23.7 Å². The molecule has 0 atom stereocenters. The van der Waals surface area contributed by atoms with Crippen LogP contribution in [0.15, 0.2) is 18.2 Å². The maximum Gasteiger partial charge on any atom is 0.0907 e. The van der Waals surface area contributed by atoms with Crippen molar-refractivity contribution in [1.29, 1.82) is 0 Å². The minimum atomic E-state index is 0. The van der Waals surface area contributed by atoms with Crippen molar-refractivity contribution in [2.75, 3.05) is 5.73 Å². The van der Waals surface area contributed by atoms with Crippen molar-refractivity contribution < 1.29 is 0 Å². The van der Waals surface area contributed by atoms with E-state index in [1.165, 1.54) is 4.70 Å². The minimum absolute atomic E-state index is 0. The minimum Gasteiger partial charge on any atom is -0.399 e. The zero-order valence-corrected chi connectivity index (χ0v) is 8.21. The largest absolute Gasteiger partial charge is 0.399 e. The number of aromatic nitrogens is 1. The number of thiazole rings is 1. The highest BCUT2D eigenvalue weighted by Gasteiger charge is 1.98. The summed E-state index contributed by atoms with van der Waals surface area (Å²) < 4.78 is 1.17. The number of hydrogen-bond donors (Lipinski definition) is 1. The summed E-state index contributed by atoms with van der Waals surface area (Å²) in [5.41, 5.74) is 7.46. The molecule has 0 spiro atoms. The van der Waals surface area contributed by atoms with E-state index < -0.39 is 0 Å². The fourth-order valence-corrected chi connectivity index (χ4v) is 1.93. The normalized spacial score (nSPS) is 9.75. The molecule has 0 aliphatic rings. The summed E-state index contributed by atoms with van der Waals surface area (Å²) in [7, 11) is 0. The average molecular weight is 201 g/mol. The second kappa shape index (κ2) is 3.29. The van der Waals surface area contributed by atoms with E-state index in [1.807, 2.05) is 25.1 Å². The number of anilines is 1. The van der Waals surface area contributed by atoms with E-state index in [4.69, 9.17) is 5.73 Å². The van der Waals surface area contributed by atoms with Gasteiger partial charge >= 0.3 is 0 Å². The zero-order chi connectivity index (χ0) is 7.84. The lowest BCUT2D eigenvalue weighted by Gasteiger charge is -1.89. The Balaban J connectivity index is 0.000000720. The summed E-state index contributed by atoms with van der Waals surface area (Å²) in [5.74, 6) is 0. The Morgan fingerprint density at radius 1 is 1.42 bits per heavy atom. The number of aryl methyl sites for hydroxylation is 1. The van der Waals surface area contributed by atoms with Crippen LogP contribution in [0.1, 0.15) is 5.01 Å². The first-order valence-corrected chi connectivity index (χ1v) is 4.20. The molecule has 1 heterocycles. The van der Waals surface area contributed by atoms with Crippen molar-refractivity contribution in [2.24, 2.45) is 0 Å². The van der Waals surface area contributed by atoms with E-state index in [1.54, 1.807) is 11.3 Å². The summed E-state index contributed by atoms with van der Waals surface area (Å²) in [6.45, 7) is 2.00. The Hall–Kier alpha value is -0.800. The molecule has 0 unspecified atom stereocenters. The molecule has 0 saturated heterocycles. The topological polar surface area (TPSA) is 38.9 Å². The maximum absolute atomic E-state index is 5.61. The molecule has 2 aromatic rings. The molecule has 0 aliphatic heterocycles. The molecule has 0 radical (unpaired) electrons. The van der Waals surface area contributed by atoms with E-state index in [0.717, 1.165) is 16.2 Å². The third kappa shape index (κ3) is 1.52. The number of nitrogens with two attached hydrogens (primary N) is 1. The van der Waals surface area contributed by atoms with E-state index in [0.29, 0.717) is 0 Å². The molecular weight excluding hydrogens is 192 g/mol. The molecule has 1 aromatic carbocycles. The van der Waals surface area contributed by atoms with Crippen LogP contribution in [0.4, 0.5) is 5.69 Å².